The summed E-state index contributed by atoms with van der Waals surface area (Å²) in [6.45, 7) is 5.30. The minimum Gasteiger partial charge on any atom is -0.383 e. The van der Waals surface area contributed by atoms with Gasteiger partial charge in [-0.2, -0.15) is 0 Å². The molecule has 1 atom stereocenters. The molecule has 7 heteroatoms. The molecule has 0 aliphatic heterocycles. The van der Waals surface area contributed by atoms with Crippen LogP contribution < -0.4 is 5.32 Å². The number of aromatic nitrogens is 3. The summed E-state index contributed by atoms with van der Waals surface area (Å²) in [5.74, 6) is 1.12. The zero-order valence-electron chi connectivity index (χ0n) is 14.4. The van der Waals surface area contributed by atoms with E-state index in [1.165, 1.54) is 11.8 Å². The highest BCUT2D eigenvalue weighted by Crippen LogP contribution is 2.28. The lowest BCUT2D eigenvalue weighted by atomic mass is 10.2. The van der Waals surface area contributed by atoms with Crippen LogP contribution in [-0.4, -0.2) is 46.7 Å². The Morgan fingerprint density at radius 3 is 2.75 bits per heavy atom. The molecular weight excluding hydrogens is 324 g/mol. The van der Waals surface area contributed by atoms with E-state index in [4.69, 9.17) is 4.74 Å². The summed E-state index contributed by atoms with van der Waals surface area (Å²) in [6, 6.07) is 10.3. The van der Waals surface area contributed by atoms with Crippen molar-refractivity contribution in [1.82, 2.24) is 20.1 Å². The molecule has 1 aromatic heterocycles. The van der Waals surface area contributed by atoms with Crippen molar-refractivity contribution in [2.75, 3.05) is 26.0 Å². The molecule has 0 saturated heterocycles. The van der Waals surface area contributed by atoms with Gasteiger partial charge in [-0.25, -0.2) is 0 Å². The third-order valence-electron chi connectivity index (χ3n) is 3.69. The van der Waals surface area contributed by atoms with E-state index in [0.29, 0.717) is 18.9 Å². The standard InChI is InChI=1S/C17H24N4O2S/c1-4-13(2)21-16(14-8-6-5-7-9-14)19-20-17(21)24-12-15(22)18-10-11-23-3/h5-9,13H,4,10-12H2,1-3H3,(H,18,22)/t13-/m0/s1. The van der Waals surface area contributed by atoms with E-state index in [1.807, 2.05) is 30.3 Å². The predicted octanol–water partition coefficient (Wildman–Crippen LogP) is 2.77. The number of methoxy groups -OCH3 is 1. The largest absolute Gasteiger partial charge is 0.383 e. The van der Waals surface area contributed by atoms with Crippen molar-refractivity contribution < 1.29 is 9.53 Å². The maximum Gasteiger partial charge on any atom is 0.230 e. The van der Waals surface area contributed by atoms with Gasteiger partial charge in [0.1, 0.15) is 0 Å². The summed E-state index contributed by atoms with van der Waals surface area (Å²) in [5, 5.41) is 12.2. The second-order valence-corrected chi connectivity index (χ2v) is 6.37. The molecule has 2 aromatic rings. The predicted molar refractivity (Wildman–Crippen MR) is 96.1 cm³/mol. The van der Waals surface area contributed by atoms with Crippen LogP contribution in [0.5, 0.6) is 0 Å². The maximum atomic E-state index is 11.9. The molecule has 0 radical (unpaired) electrons. The number of carbonyl (C=O) groups excluding carboxylic acids is 1. The first-order chi connectivity index (χ1) is 11.7. The Balaban J connectivity index is 2.12. The van der Waals surface area contributed by atoms with Gasteiger partial charge in [0.2, 0.25) is 5.91 Å². The van der Waals surface area contributed by atoms with Crippen LogP contribution in [0, 0.1) is 0 Å². The molecule has 0 aliphatic carbocycles. The average Bonchev–Trinajstić information content (AvgIpc) is 3.04. The normalized spacial score (nSPS) is 12.1. The summed E-state index contributed by atoms with van der Waals surface area (Å²) >= 11 is 1.41. The van der Waals surface area contributed by atoms with Crippen molar-refractivity contribution in [3.05, 3.63) is 30.3 Å². The summed E-state index contributed by atoms with van der Waals surface area (Å²) in [7, 11) is 1.61. The first-order valence-electron chi connectivity index (χ1n) is 8.06. The monoisotopic (exact) mass is 348 g/mol. The van der Waals surface area contributed by atoms with Gasteiger partial charge < -0.3 is 10.1 Å². The van der Waals surface area contributed by atoms with Crippen LogP contribution in [0.15, 0.2) is 35.5 Å². The highest BCUT2D eigenvalue weighted by molar-refractivity contribution is 7.99. The molecule has 0 saturated carbocycles. The molecule has 0 aliphatic rings. The smallest absolute Gasteiger partial charge is 0.230 e. The molecule has 2 rings (SSSR count). The highest BCUT2D eigenvalue weighted by atomic mass is 32.2. The van der Waals surface area contributed by atoms with Gasteiger partial charge in [0.15, 0.2) is 11.0 Å². The van der Waals surface area contributed by atoms with E-state index < -0.39 is 0 Å². The third-order valence-corrected chi connectivity index (χ3v) is 4.63. The van der Waals surface area contributed by atoms with Crippen LogP contribution in [0.4, 0.5) is 0 Å². The Hall–Kier alpha value is -1.86. The van der Waals surface area contributed by atoms with Crippen molar-refractivity contribution in [1.29, 1.82) is 0 Å². The molecule has 1 amide bonds. The number of nitrogens with one attached hydrogen (secondary N) is 1. The maximum absolute atomic E-state index is 11.9. The molecule has 0 unspecified atom stereocenters. The lowest BCUT2D eigenvalue weighted by molar-refractivity contribution is -0.118. The van der Waals surface area contributed by atoms with Crippen molar-refractivity contribution in [3.8, 4) is 11.4 Å². The van der Waals surface area contributed by atoms with Gasteiger partial charge in [-0.1, -0.05) is 49.0 Å². The first-order valence-corrected chi connectivity index (χ1v) is 9.04. The third kappa shape index (κ3) is 4.82. The van der Waals surface area contributed by atoms with Gasteiger partial charge in [-0.3, -0.25) is 9.36 Å². The zero-order chi connectivity index (χ0) is 17.4. The SMILES string of the molecule is CC[C@H](C)n1c(SCC(=O)NCCOC)nnc1-c1ccccc1. The number of amides is 1. The number of rotatable bonds is 9. The Morgan fingerprint density at radius 1 is 1.33 bits per heavy atom. The van der Waals surface area contributed by atoms with E-state index in [9.17, 15) is 4.79 Å². The molecule has 0 bridgehead atoms. The molecule has 24 heavy (non-hydrogen) atoms. The Labute approximate surface area is 147 Å². The molecular formula is C17H24N4O2S. The summed E-state index contributed by atoms with van der Waals surface area (Å²) in [6.07, 6.45) is 0.964. The van der Waals surface area contributed by atoms with E-state index in [0.717, 1.165) is 23.0 Å². The molecule has 6 nitrogen and oxygen atoms in total. The number of carbonyl (C=O) groups is 1. The van der Waals surface area contributed by atoms with E-state index >= 15 is 0 Å². The molecule has 0 fully saturated rings. The van der Waals surface area contributed by atoms with Gasteiger partial charge in [0, 0.05) is 25.3 Å². The fourth-order valence-electron chi connectivity index (χ4n) is 2.21. The number of hydrogen-bond donors (Lipinski definition) is 1. The quantitative estimate of drug-likeness (QED) is 0.557. The van der Waals surface area contributed by atoms with Gasteiger partial charge in [0.05, 0.1) is 12.4 Å². The zero-order valence-corrected chi connectivity index (χ0v) is 15.2. The second-order valence-electron chi connectivity index (χ2n) is 5.43. The number of thioether (sulfide) groups is 1. The van der Waals surface area contributed by atoms with Gasteiger partial charge >= 0.3 is 0 Å². The van der Waals surface area contributed by atoms with Gasteiger partial charge in [-0.05, 0) is 13.3 Å². The lowest BCUT2D eigenvalue weighted by Gasteiger charge is -2.16. The number of hydrogen-bond acceptors (Lipinski definition) is 5. The van der Waals surface area contributed by atoms with Gasteiger partial charge in [0.25, 0.3) is 0 Å². The highest BCUT2D eigenvalue weighted by Gasteiger charge is 2.18. The Morgan fingerprint density at radius 2 is 2.08 bits per heavy atom. The molecule has 0 spiro atoms. The van der Waals surface area contributed by atoms with Crippen LogP contribution in [0.25, 0.3) is 11.4 Å². The van der Waals surface area contributed by atoms with Crippen LogP contribution >= 0.6 is 11.8 Å². The molecule has 1 heterocycles. The number of benzene rings is 1. The van der Waals surface area contributed by atoms with Crippen LogP contribution in [0.1, 0.15) is 26.3 Å². The van der Waals surface area contributed by atoms with E-state index in [-0.39, 0.29) is 11.9 Å². The Kier molecular flexibility index (Phi) is 7.27. The molecule has 1 N–H and O–H groups in total. The van der Waals surface area contributed by atoms with Crippen LogP contribution in [-0.2, 0) is 9.53 Å². The van der Waals surface area contributed by atoms with Crippen molar-refractivity contribution in [2.24, 2.45) is 0 Å². The van der Waals surface area contributed by atoms with Crippen LogP contribution in [0.3, 0.4) is 0 Å². The van der Waals surface area contributed by atoms with E-state index in [1.54, 1.807) is 7.11 Å². The van der Waals surface area contributed by atoms with Crippen molar-refractivity contribution in [2.45, 2.75) is 31.5 Å². The van der Waals surface area contributed by atoms with Crippen LogP contribution in [0.2, 0.25) is 0 Å². The fraction of sp³-hybridized carbons (Fsp3) is 0.471. The minimum absolute atomic E-state index is 0.0305. The number of nitrogens with zero attached hydrogens (tertiary/aromatic N) is 3. The van der Waals surface area contributed by atoms with Gasteiger partial charge in [-0.15, -0.1) is 10.2 Å². The van der Waals surface area contributed by atoms with Crippen molar-refractivity contribution >= 4 is 17.7 Å². The lowest BCUT2D eigenvalue weighted by Crippen LogP contribution is -2.28. The number of ether oxygens (including phenoxy) is 1. The molecule has 130 valence electrons. The second kappa shape index (κ2) is 9.44. The summed E-state index contributed by atoms with van der Waals surface area (Å²) < 4.78 is 7.04. The minimum atomic E-state index is -0.0305. The summed E-state index contributed by atoms with van der Waals surface area (Å²) in [5.41, 5.74) is 1.03. The van der Waals surface area contributed by atoms with Crippen molar-refractivity contribution in [3.63, 3.8) is 0 Å². The fourth-order valence-corrected chi connectivity index (χ4v) is 3.08. The van der Waals surface area contributed by atoms with E-state index in [2.05, 4.69) is 33.9 Å². The topological polar surface area (TPSA) is 69.0 Å². The first kappa shape index (κ1) is 18.5. The molecule has 1 aromatic carbocycles. The average molecular weight is 348 g/mol. The Bertz CT molecular complexity index is 645. The summed E-state index contributed by atoms with van der Waals surface area (Å²) in [4.78, 5) is 11.9.